The first-order valence-corrected chi connectivity index (χ1v) is 11.9. The normalized spacial score (nSPS) is 13.3. The second kappa shape index (κ2) is 8.90. The van der Waals surface area contributed by atoms with E-state index in [0.29, 0.717) is 18.5 Å². The Bertz CT molecular complexity index is 1130. The van der Waals surface area contributed by atoms with E-state index in [1.165, 1.54) is 11.3 Å². The molecule has 0 aliphatic carbocycles. The lowest BCUT2D eigenvalue weighted by atomic mass is 10.2. The molecule has 0 radical (unpaired) electrons. The summed E-state index contributed by atoms with van der Waals surface area (Å²) in [6.45, 7) is 2.02. The number of anilines is 2. The molecule has 0 bridgehead atoms. The van der Waals surface area contributed by atoms with Crippen molar-refractivity contribution in [2.45, 2.75) is 17.2 Å². The molecular weight excluding hydrogens is 422 g/mol. The molecule has 0 unspecified atom stereocenters. The first-order chi connectivity index (χ1) is 14.5. The van der Waals surface area contributed by atoms with Crippen LogP contribution in [0.15, 0.2) is 58.9 Å². The summed E-state index contributed by atoms with van der Waals surface area (Å²) in [6.07, 6.45) is 1.69. The zero-order chi connectivity index (χ0) is 21.0. The molecule has 3 aromatic rings. The lowest BCUT2D eigenvalue weighted by molar-refractivity contribution is 0.102. The van der Waals surface area contributed by atoms with Gasteiger partial charge < -0.3 is 4.90 Å². The number of carbonyl (C=O) groups excluding carboxylic acids is 1. The van der Waals surface area contributed by atoms with Crippen LogP contribution in [0.5, 0.6) is 0 Å². The molecule has 1 aliphatic rings. The molecule has 4 rings (SSSR count). The Balaban J connectivity index is 1.29. The number of benzene rings is 2. The number of para-hydroxylation sites is 1. The van der Waals surface area contributed by atoms with Crippen LogP contribution in [0.25, 0.3) is 0 Å². The van der Waals surface area contributed by atoms with Gasteiger partial charge in [0.15, 0.2) is 0 Å². The molecule has 30 heavy (non-hydrogen) atoms. The average Bonchev–Trinajstić information content (AvgIpc) is 3.40. The van der Waals surface area contributed by atoms with Crippen molar-refractivity contribution in [3.63, 3.8) is 0 Å². The molecule has 2 aromatic carbocycles. The van der Waals surface area contributed by atoms with Crippen LogP contribution in [0.1, 0.15) is 22.3 Å². The van der Waals surface area contributed by atoms with Crippen LogP contribution in [0, 0.1) is 0 Å². The maximum atomic E-state index is 12.5. The fourth-order valence-electron chi connectivity index (χ4n) is 3.30. The Kier molecular flexibility index (Phi) is 6.07. The second-order valence-electron chi connectivity index (χ2n) is 6.81. The highest BCUT2D eigenvalue weighted by Gasteiger charge is 2.22. The quantitative estimate of drug-likeness (QED) is 0.410. The van der Waals surface area contributed by atoms with Gasteiger partial charge in [0.25, 0.3) is 15.9 Å². The number of hydrogen-bond donors (Lipinski definition) is 2. The van der Waals surface area contributed by atoms with Crippen molar-refractivity contribution >= 4 is 38.1 Å². The van der Waals surface area contributed by atoms with E-state index in [0.717, 1.165) is 30.8 Å². The van der Waals surface area contributed by atoms with Crippen LogP contribution in [0.4, 0.5) is 10.8 Å². The van der Waals surface area contributed by atoms with Crippen molar-refractivity contribution in [2.75, 3.05) is 29.9 Å². The Morgan fingerprint density at radius 2 is 1.83 bits per heavy atom. The monoisotopic (exact) mass is 443 g/mol. The lowest BCUT2D eigenvalue weighted by Crippen LogP contribution is -2.29. The zero-order valence-corrected chi connectivity index (χ0v) is 17.7. The van der Waals surface area contributed by atoms with Crippen molar-refractivity contribution in [2.24, 2.45) is 0 Å². The smallest absolute Gasteiger partial charge is 0.269 e. The third-order valence-electron chi connectivity index (χ3n) is 4.77. The van der Waals surface area contributed by atoms with Gasteiger partial charge in [-0.3, -0.25) is 10.1 Å². The van der Waals surface area contributed by atoms with Gasteiger partial charge in [0.05, 0.1) is 0 Å². The maximum Gasteiger partial charge on any atom is 0.269 e. The third-order valence-corrected chi connectivity index (χ3v) is 7.44. The van der Waals surface area contributed by atoms with Gasteiger partial charge >= 0.3 is 0 Å². The largest absolute Gasteiger partial charge is 0.371 e. The van der Waals surface area contributed by atoms with Gasteiger partial charge in [-0.05, 0) is 36.6 Å². The molecule has 0 fully saturated rings. The highest BCUT2D eigenvalue weighted by atomic mass is 32.2. The molecule has 0 saturated carbocycles. The third kappa shape index (κ3) is 4.66. The minimum Gasteiger partial charge on any atom is -0.371 e. The van der Waals surface area contributed by atoms with E-state index < -0.39 is 10.0 Å². The molecular formula is C20H21N5O3S2. The molecule has 0 atom stereocenters. The van der Waals surface area contributed by atoms with E-state index in [1.54, 1.807) is 30.3 Å². The summed E-state index contributed by atoms with van der Waals surface area (Å²) < 4.78 is 27.3. The summed E-state index contributed by atoms with van der Waals surface area (Å²) in [5, 5.41) is 10.2. The number of amides is 1. The summed E-state index contributed by atoms with van der Waals surface area (Å²) in [5.74, 6) is -0.366. The number of nitrogens with one attached hydrogen (secondary N) is 2. The molecule has 1 amide bonds. The van der Waals surface area contributed by atoms with Crippen molar-refractivity contribution in [1.29, 1.82) is 0 Å². The van der Waals surface area contributed by atoms with Crippen LogP contribution < -0.4 is 14.9 Å². The highest BCUT2D eigenvalue weighted by molar-refractivity contribution is 7.91. The van der Waals surface area contributed by atoms with Gasteiger partial charge in [0, 0.05) is 30.9 Å². The summed E-state index contributed by atoms with van der Waals surface area (Å²) in [6, 6.07) is 16.9. The van der Waals surface area contributed by atoms with E-state index >= 15 is 0 Å². The van der Waals surface area contributed by atoms with Gasteiger partial charge in [-0.1, -0.05) is 47.7 Å². The van der Waals surface area contributed by atoms with Crippen LogP contribution >= 0.6 is 11.3 Å². The topological polar surface area (TPSA) is 104 Å². The predicted molar refractivity (Wildman–Crippen MR) is 116 cm³/mol. The number of nitrogens with zero attached hydrogens (tertiary/aromatic N) is 3. The van der Waals surface area contributed by atoms with Crippen LogP contribution in [0.3, 0.4) is 0 Å². The van der Waals surface area contributed by atoms with E-state index in [4.69, 9.17) is 0 Å². The Labute approximate surface area is 179 Å². The summed E-state index contributed by atoms with van der Waals surface area (Å²) >= 11 is 0.822. The molecule has 1 aliphatic heterocycles. The molecule has 0 spiro atoms. The van der Waals surface area contributed by atoms with E-state index in [2.05, 4.69) is 37.3 Å². The number of hydrogen-bond acceptors (Lipinski definition) is 7. The van der Waals surface area contributed by atoms with Crippen molar-refractivity contribution < 1.29 is 13.2 Å². The molecule has 2 heterocycles. The number of aromatic nitrogens is 2. The lowest BCUT2D eigenvalue weighted by Gasteiger charge is -2.19. The summed E-state index contributed by atoms with van der Waals surface area (Å²) in [7, 11) is -3.77. The molecule has 2 N–H and O–H groups in total. The fourth-order valence-corrected chi connectivity index (χ4v) is 5.31. The number of fused-ring (bicyclic) bond motifs is 1. The number of carbonyl (C=O) groups is 1. The van der Waals surface area contributed by atoms with Crippen molar-refractivity contribution in [1.82, 2.24) is 14.9 Å². The highest BCUT2D eigenvalue weighted by Crippen LogP contribution is 2.27. The predicted octanol–water partition coefficient (Wildman–Crippen LogP) is 2.52. The molecule has 1 aromatic heterocycles. The Hall–Kier alpha value is -2.82. The first kappa shape index (κ1) is 20.5. The van der Waals surface area contributed by atoms with E-state index in [1.807, 2.05) is 12.1 Å². The minimum atomic E-state index is -3.77. The standard InChI is InChI=1S/C20H21N5O3S2/c26-18(16-8-2-1-3-9-16)22-19-23-24-20(29-19)30(27,28)21-12-6-13-25-14-11-15-7-4-5-10-17(15)25/h1-5,7-10,21H,6,11-14H2,(H,22,23,26). The zero-order valence-electron chi connectivity index (χ0n) is 16.1. The van der Waals surface area contributed by atoms with Crippen molar-refractivity contribution in [3.8, 4) is 0 Å². The summed E-state index contributed by atoms with van der Waals surface area (Å²) in [4.78, 5) is 14.4. The van der Waals surface area contributed by atoms with Gasteiger partial charge in [-0.15, -0.1) is 10.2 Å². The molecule has 8 nitrogen and oxygen atoms in total. The van der Waals surface area contributed by atoms with Crippen LogP contribution in [-0.2, 0) is 16.4 Å². The first-order valence-electron chi connectivity index (χ1n) is 9.55. The van der Waals surface area contributed by atoms with E-state index in [9.17, 15) is 13.2 Å². The van der Waals surface area contributed by atoms with Gasteiger partial charge in [0.1, 0.15) is 0 Å². The Morgan fingerprint density at radius 1 is 1.07 bits per heavy atom. The average molecular weight is 444 g/mol. The minimum absolute atomic E-state index is 0.137. The number of sulfonamides is 1. The van der Waals surface area contributed by atoms with Crippen LogP contribution in [-0.4, -0.2) is 44.2 Å². The number of rotatable bonds is 8. The van der Waals surface area contributed by atoms with Crippen molar-refractivity contribution in [3.05, 3.63) is 65.7 Å². The van der Waals surface area contributed by atoms with E-state index in [-0.39, 0.29) is 15.4 Å². The Morgan fingerprint density at radius 3 is 2.67 bits per heavy atom. The molecule has 10 heteroatoms. The molecule has 156 valence electrons. The van der Waals surface area contributed by atoms with Gasteiger partial charge in [0.2, 0.25) is 9.47 Å². The van der Waals surface area contributed by atoms with Crippen LogP contribution in [0.2, 0.25) is 0 Å². The molecule has 0 saturated heterocycles. The van der Waals surface area contributed by atoms with Gasteiger partial charge in [-0.2, -0.15) is 0 Å². The second-order valence-corrected chi connectivity index (χ2v) is 9.73. The van der Waals surface area contributed by atoms with Gasteiger partial charge in [-0.25, -0.2) is 13.1 Å². The maximum absolute atomic E-state index is 12.5. The summed E-state index contributed by atoms with van der Waals surface area (Å²) in [5.41, 5.74) is 3.01. The fraction of sp³-hybridized carbons (Fsp3) is 0.250. The SMILES string of the molecule is O=C(Nc1nnc(S(=O)(=O)NCCCN2CCc3ccccc32)s1)c1ccccc1.